The summed E-state index contributed by atoms with van der Waals surface area (Å²) in [4.78, 5) is 14.3. The number of rotatable bonds is 5. The number of nitro groups is 1. The van der Waals surface area contributed by atoms with Crippen LogP contribution in [0.25, 0.3) is 10.9 Å². The van der Waals surface area contributed by atoms with E-state index in [-0.39, 0.29) is 16.3 Å². The van der Waals surface area contributed by atoms with Crippen LogP contribution in [-0.4, -0.2) is 18.3 Å². The minimum Gasteiger partial charge on any atom is -0.377 e. The van der Waals surface area contributed by atoms with Gasteiger partial charge in [0.1, 0.15) is 10.4 Å². The molecule has 0 aliphatic heterocycles. The van der Waals surface area contributed by atoms with Gasteiger partial charge in [-0.15, -0.1) is 0 Å². The Morgan fingerprint density at radius 3 is 2.64 bits per heavy atom. The first-order valence-electron chi connectivity index (χ1n) is 7.48. The van der Waals surface area contributed by atoms with Gasteiger partial charge < -0.3 is 4.18 Å². The zero-order valence-electron chi connectivity index (χ0n) is 13.2. The predicted molar refractivity (Wildman–Crippen MR) is 92.0 cm³/mol. The Morgan fingerprint density at radius 1 is 1.16 bits per heavy atom. The summed E-state index contributed by atoms with van der Waals surface area (Å²) in [6.45, 7) is 1.76. The topological polar surface area (TPSA) is 99.4 Å². The molecule has 0 saturated heterocycles. The molecule has 0 bridgehead atoms. The van der Waals surface area contributed by atoms with Gasteiger partial charge in [0, 0.05) is 23.7 Å². The second-order valence-corrected chi connectivity index (χ2v) is 6.79. The number of aromatic nitrogens is 1. The summed E-state index contributed by atoms with van der Waals surface area (Å²) in [7, 11) is -4.25. The maximum Gasteiger partial charge on any atom is 0.339 e. The largest absolute Gasteiger partial charge is 0.377 e. The normalized spacial score (nSPS) is 11.4. The van der Waals surface area contributed by atoms with Gasteiger partial charge >= 0.3 is 10.1 Å². The molecule has 8 heteroatoms. The number of non-ortho nitro benzene ring substituents is 1. The van der Waals surface area contributed by atoms with Crippen LogP contribution in [-0.2, 0) is 16.5 Å². The van der Waals surface area contributed by atoms with Gasteiger partial charge in [-0.3, -0.25) is 15.1 Å². The number of pyridine rings is 1. The zero-order chi connectivity index (χ0) is 18.0. The molecule has 0 unspecified atom stereocenters. The standard InChI is InChI=1S/C17H14N2O5S/c1-2-12-8-9-14(19(20)21)11-16(12)25(22,23)24-15-7-3-5-13-6-4-10-18-17(13)15/h3-11H,2H2,1H3. The third kappa shape index (κ3) is 3.29. The lowest BCUT2D eigenvalue weighted by molar-refractivity contribution is -0.385. The van der Waals surface area contributed by atoms with Crippen molar-refractivity contribution in [2.24, 2.45) is 0 Å². The first-order chi connectivity index (χ1) is 11.9. The van der Waals surface area contributed by atoms with Crippen molar-refractivity contribution >= 4 is 26.7 Å². The highest BCUT2D eigenvalue weighted by atomic mass is 32.2. The molecule has 0 aliphatic carbocycles. The number of nitro benzene ring substituents is 1. The van der Waals surface area contributed by atoms with Gasteiger partial charge in [0.25, 0.3) is 5.69 Å². The second kappa shape index (κ2) is 6.48. The molecule has 0 radical (unpaired) electrons. The average molecular weight is 358 g/mol. The van der Waals surface area contributed by atoms with Crippen molar-refractivity contribution in [2.45, 2.75) is 18.2 Å². The lowest BCUT2D eigenvalue weighted by Crippen LogP contribution is -2.13. The van der Waals surface area contributed by atoms with E-state index >= 15 is 0 Å². The summed E-state index contributed by atoms with van der Waals surface area (Å²) < 4.78 is 30.7. The van der Waals surface area contributed by atoms with Crippen LogP contribution in [0.5, 0.6) is 5.75 Å². The Hall–Kier alpha value is -3.00. The van der Waals surface area contributed by atoms with Crippen LogP contribution >= 0.6 is 0 Å². The van der Waals surface area contributed by atoms with E-state index in [9.17, 15) is 18.5 Å². The molecule has 0 atom stereocenters. The monoisotopic (exact) mass is 358 g/mol. The highest BCUT2D eigenvalue weighted by Crippen LogP contribution is 2.29. The first-order valence-corrected chi connectivity index (χ1v) is 8.89. The van der Waals surface area contributed by atoms with Crippen molar-refractivity contribution in [2.75, 3.05) is 0 Å². The van der Waals surface area contributed by atoms with Crippen molar-refractivity contribution in [1.29, 1.82) is 0 Å². The third-order valence-corrected chi connectivity index (χ3v) is 5.02. The number of fused-ring (bicyclic) bond motifs is 1. The molecule has 1 aromatic heterocycles. The van der Waals surface area contributed by atoms with Crippen LogP contribution in [0, 0.1) is 10.1 Å². The summed E-state index contributed by atoms with van der Waals surface area (Å²) >= 11 is 0. The Kier molecular flexibility index (Phi) is 4.37. The molecule has 3 rings (SSSR count). The zero-order valence-corrected chi connectivity index (χ0v) is 14.1. The minimum absolute atomic E-state index is 0.0756. The molecule has 0 N–H and O–H groups in total. The molecule has 7 nitrogen and oxygen atoms in total. The highest BCUT2D eigenvalue weighted by molar-refractivity contribution is 7.87. The fourth-order valence-corrected chi connectivity index (χ4v) is 3.75. The number of hydrogen-bond donors (Lipinski definition) is 0. The second-order valence-electron chi connectivity index (χ2n) is 5.27. The van der Waals surface area contributed by atoms with Gasteiger partial charge in [-0.05, 0) is 24.1 Å². The molecular weight excluding hydrogens is 344 g/mol. The smallest absolute Gasteiger partial charge is 0.339 e. The Labute approximate surface area is 144 Å². The van der Waals surface area contributed by atoms with Crippen molar-refractivity contribution < 1.29 is 17.5 Å². The lowest BCUT2D eigenvalue weighted by Gasteiger charge is -2.11. The van der Waals surface area contributed by atoms with Gasteiger partial charge in [0.05, 0.1) is 4.92 Å². The van der Waals surface area contributed by atoms with Crippen LogP contribution in [0.15, 0.2) is 59.6 Å². The van der Waals surface area contributed by atoms with E-state index in [4.69, 9.17) is 4.18 Å². The molecule has 25 heavy (non-hydrogen) atoms. The molecule has 0 saturated carbocycles. The molecule has 0 aliphatic rings. The van der Waals surface area contributed by atoms with E-state index in [0.29, 0.717) is 17.5 Å². The Bertz CT molecular complexity index is 1060. The van der Waals surface area contributed by atoms with Crippen LogP contribution < -0.4 is 4.18 Å². The predicted octanol–water partition coefficient (Wildman–Crippen LogP) is 3.47. The molecule has 2 aromatic carbocycles. The van der Waals surface area contributed by atoms with Gasteiger partial charge in [0.15, 0.2) is 5.75 Å². The fraction of sp³-hybridized carbons (Fsp3) is 0.118. The fourth-order valence-electron chi connectivity index (χ4n) is 2.49. The molecule has 0 amide bonds. The van der Waals surface area contributed by atoms with Gasteiger partial charge in [-0.2, -0.15) is 8.42 Å². The van der Waals surface area contributed by atoms with Crippen molar-refractivity contribution in [1.82, 2.24) is 4.98 Å². The van der Waals surface area contributed by atoms with Gasteiger partial charge in [-0.25, -0.2) is 0 Å². The van der Waals surface area contributed by atoms with Crippen molar-refractivity contribution in [3.05, 3.63) is 70.4 Å². The number of para-hydroxylation sites is 1. The van der Waals surface area contributed by atoms with Crippen molar-refractivity contribution in [3.8, 4) is 5.75 Å². The number of nitrogens with zero attached hydrogens (tertiary/aromatic N) is 2. The summed E-state index contributed by atoms with van der Waals surface area (Å²) in [6, 6.07) is 12.2. The Balaban J connectivity index is 2.10. The Morgan fingerprint density at radius 2 is 1.92 bits per heavy atom. The molecule has 1 heterocycles. The highest BCUT2D eigenvalue weighted by Gasteiger charge is 2.24. The summed E-state index contributed by atoms with van der Waals surface area (Å²) in [5, 5.41) is 11.7. The first kappa shape index (κ1) is 16.8. The van der Waals surface area contributed by atoms with E-state index in [1.54, 1.807) is 31.2 Å². The van der Waals surface area contributed by atoms with E-state index in [2.05, 4.69) is 4.98 Å². The van der Waals surface area contributed by atoms with Gasteiger partial charge in [-0.1, -0.05) is 31.2 Å². The van der Waals surface area contributed by atoms with E-state index in [0.717, 1.165) is 11.5 Å². The summed E-state index contributed by atoms with van der Waals surface area (Å²) in [5.74, 6) is 0.0756. The molecule has 0 fully saturated rings. The quantitative estimate of drug-likeness (QED) is 0.393. The van der Waals surface area contributed by atoms with E-state index in [1.807, 2.05) is 0 Å². The summed E-state index contributed by atoms with van der Waals surface area (Å²) in [6.07, 6.45) is 1.93. The molecular formula is C17H14N2O5S. The van der Waals surface area contributed by atoms with Crippen LogP contribution in [0.1, 0.15) is 12.5 Å². The van der Waals surface area contributed by atoms with Crippen LogP contribution in [0.2, 0.25) is 0 Å². The molecule has 128 valence electrons. The summed E-state index contributed by atoms with van der Waals surface area (Å²) in [5.41, 5.74) is 0.534. The maximum absolute atomic E-state index is 12.7. The lowest BCUT2D eigenvalue weighted by atomic mass is 10.1. The van der Waals surface area contributed by atoms with E-state index in [1.165, 1.54) is 24.4 Å². The third-order valence-electron chi connectivity index (χ3n) is 3.71. The number of hydrogen-bond acceptors (Lipinski definition) is 6. The van der Waals surface area contributed by atoms with Gasteiger partial charge in [0.2, 0.25) is 0 Å². The van der Waals surface area contributed by atoms with Crippen LogP contribution in [0.3, 0.4) is 0 Å². The number of aryl methyl sites for hydroxylation is 1. The van der Waals surface area contributed by atoms with Crippen LogP contribution in [0.4, 0.5) is 5.69 Å². The van der Waals surface area contributed by atoms with E-state index < -0.39 is 15.0 Å². The molecule has 3 aromatic rings. The van der Waals surface area contributed by atoms with Crippen molar-refractivity contribution in [3.63, 3.8) is 0 Å². The number of benzene rings is 2. The SMILES string of the molecule is CCc1ccc([N+](=O)[O-])cc1S(=O)(=O)Oc1cccc2cccnc12. The minimum atomic E-state index is -4.25. The maximum atomic E-state index is 12.7. The molecule has 0 spiro atoms. The average Bonchev–Trinajstić information content (AvgIpc) is 2.61.